The van der Waals surface area contributed by atoms with Gasteiger partial charge in [0.25, 0.3) is 0 Å². The van der Waals surface area contributed by atoms with Crippen LogP contribution in [-0.2, 0) is 6.54 Å². The molecule has 1 aliphatic rings. The molecule has 2 rings (SSSR count). The van der Waals surface area contributed by atoms with E-state index in [0.29, 0.717) is 6.54 Å². The van der Waals surface area contributed by atoms with Crippen LogP contribution < -0.4 is 0 Å². The molecule has 0 spiro atoms. The lowest BCUT2D eigenvalue weighted by Gasteiger charge is -2.31. The van der Waals surface area contributed by atoms with Crippen LogP contribution in [0, 0.1) is 0 Å². The largest absolute Gasteiger partial charge is 0.476 e. The van der Waals surface area contributed by atoms with E-state index in [1.54, 1.807) is 0 Å². The van der Waals surface area contributed by atoms with Crippen LogP contribution in [0.1, 0.15) is 15.4 Å². The number of hydrogen-bond donors (Lipinski definition) is 1. The van der Waals surface area contributed by atoms with Crippen molar-refractivity contribution in [1.82, 2.24) is 19.4 Å². The number of carboxylic acid groups (broad SMARTS) is 1. The second-order valence-electron chi connectivity index (χ2n) is 3.93. The first-order chi connectivity index (χ1) is 7.66. The Bertz CT molecular complexity index is 373. The van der Waals surface area contributed by atoms with Crippen LogP contribution in [0.3, 0.4) is 0 Å². The Balaban J connectivity index is 1.98. The molecule has 2 heterocycles. The van der Waals surface area contributed by atoms with Gasteiger partial charge in [-0.2, -0.15) is 0 Å². The smallest absolute Gasteiger partial charge is 0.357 e. The summed E-state index contributed by atoms with van der Waals surface area (Å²) >= 11 is 1.18. The molecule has 1 fully saturated rings. The zero-order valence-corrected chi connectivity index (χ0v) is 9.90. The zero-order valence-electron chi connectivity index (χ0n) is 9.09. The fraction of sp³-hybridized carbons (Fsp3) is 0.667. The SMILES string of the molecule is CN1CCN(Cc2snnc2C(=O)O)CC1. The standard InChI is InChI=1S/C9H14N4O2S/c1-12-2-4-13(5-3-12)6-7-8(9(14)15)10-11-16-7/h2-6H2,1H3,(H,14,15). The maximum atomic E-state index is 10.9. The normalized spacial score (nSPS) is 18.8. The number of carbonyl (C=O) groups is 1. The summed E-state index contributed by atoms with van der Waals surface area (Å²) in [5, 5.41) is 12.5. The lowest BCUT2D eigenvalue weighted by Crippen LogP contribution is -2.43. The Morgan fingerprint density at radius 1 is 1.44 bits per heavy atom. The second-order valence-corrected chi connectivity index (χ2v) is 4.77. The Morgan fingerprint density at radius 2 is 2.12 bits per heavy atom. The van der Waals surface area contributed by atoms with Gasteiger partial charge in [0.05, 0.1) is 4.88 Å². The minimum atomic E-state index is -0.988. The van der Waals surface area contributed by atoms with Crippen LogP contribution in [0.15, 0.2) is 0 Å². The van der Waals surface area contributed by atoms with Gasteiger partial charge in [-0.05, 0) is 18.6 Å². The molecule has 0 unspecified atom stereocenters. The third-order valence-corrected chi connectivity index (χ3v) is 3.43. The quantitative estimate of drug-likeness (QED) is 0.803. The monoisotopic (exact) mass is 242 g/mol. The number of rotatable bonds is 3. The van der Waals surface area contributed by atoms with E-state index < -0.39 is 5.97 Å². The summed E-state index contributed by atoms with van der Waals surface area (Å²) in [6.45, 7) is 4.62. The number of hydrogen-bond acceptors (Lipinski definition) is 6. The van der Waals surface area contributed by atoms with Crippen molar-refractivity contribution in [2.45, 2.75) is 6.54 Å². The summed E-state index contributed by atoms with van der Waals surface area (Å²) < 4.78 is 3.70. The molecule has 7 heteroatoms. The van der Waals surface area contributed by atoms with E-state index in [2.05, 4.69) is 26.4 Å². The van der Waals surface area contributed by atoms with Crippen LogP contribution >= 0.6 is 11.5 Å². The van der Waals surface area contributed by atoms with Crippen molar-refractivity contribution in [2.24, 2.45) is 0 Å². The van der Waals surface area contributed by atoms with Gasteiger partial charge in [-0.15, -0.1) is 5.10 Å². The summed E-state index contributed by atoms with van der Waals surface area (Å²) in [5.41, 5.74) is 0.101. The summed E-state index contributed by atoms with van der Waals surface area (Å²) in [5.74, 6) is -0.988. The molecule has 0 aromatic carbocycles. The first-order valence-corrected chi connectivity index (χ1v) is 5.89. The highest BCUT2D eigenvalue weighted by atomic mass is 32.1. The molecule has 0 amide bonds. The first kappa shape index (κ1) is 11.4. The molecule has 0 radical (unpaired) electrons. The van der Waals surface area contributed by atoms with Gasteiger partial charge in [-0.1, -0.05) is 4.49 Å². The molecule has 1 aromatic heterocycles. The van der Waals surface area contributed by atoms with E-state index in [1.165, 1.54) is 11.5 Å². The fourth-order valence-corrected chi connectivity index (χ4v) is 2.36. The number of piperazine rings is 1. The number of carboxylic acids is 1. The molecular formula is C9H14N4O2S. The van der Waals surface area contributed by atoms with Gasteiger partial charge < -0.3 is 10.0 Å². The van der Waals surface area contributed by atoms with Crippen LogP contribution in [0.5, 0.6) is 0 Å². The summed E-state index contributed by atoms with van der Waals surface area (Å²) in [4.78, 5) is 16.1. The van der Waals surface area contributed by atoms with E-state index in [1.807, 2.05) is 0 Å². The molecule has 1 aromatic rings. The lowest BCUT2D eigenvalue weighted by molar-refractivity contribution is 0.0687. The molecular weight excluding hydrogens is 228 g/mol. The highest BCUT2D eigenvalue weighted by molar-refractivity contribution is 7.05. The van der Waals surface area contributed by atoms with Crippen LogP contribution in [0.4, 0.5) is 0 Å². The van der Waals surface area contributed by atoms with Gasteiger partial charge >= 0.3 is 5.97 Å². The molecule has 88 valence electrons. The van der Waals surface area contributed by atoms with Crippen LogP contribution in [0.25, 0.3) is 0 Å². The Morgan fingerprint density at radius 3 is 2.75 bits per heavy atom. The van der Waals surface area contributed by atoms with Gasteiger partial charge in [-0.25, -0.2) is 4.79 Å². The van der Waals surface area contributed by atoms with E-state index in [4.69, 9.17) is 5.11 Å². The average Bonchev–Trinajstić information content (AvgIpc) is 2.69. The molecule has 0 aliphatic carbocycles. The number of aromatic carboxylic acids is 1. The van der Waals surface area contributed by atoms with E-state index >= 15 is 0 Å². The third-order valence-electron chi connectivity index (χ3n) is 2.72. The van der Waals surface area contributed by atoms with Gasteiger partial charge in [0.15, 0.2) is 5.69 Å². The molecule has 1 aliphatic heterocycles. The van der Waals surface area contributed by atoms with Gasteiger partial charge in [0.1, 0.15) is 0 Å². The minimum absolute atomic E-state index is 0.101. The summed E-state index contributed by atoms with van der Waals surface area (Å²) in [6.07, 6.45) is 0. The Labute approximate surface area is 97.6 Å². The summed E-state index contributed by atoms with van der Waals surface area (Å²) in [7, 11) is 2.09. The van der Waals surface area contributed by atoms with Gasteiger partial charge in [-0.3, -0.25) is 4.90 Å². The zero-order chi connectivity index (χ0) is 11.5. The molecule has 1 saturated heterocycles. The van der Waals surface area contributed by atoms with Gasteiger partial charge in [0.2, 0.25) is 0 Å². The highest BCUT2D eigenvalue weighted by Gasteiger charge is 2.20. The lowest BCUT2D eigenvalue weighted by atomic mass is 10.3. The average molecular weight is 242 g/mol. The van der Waals surface area contributed by atoms with Crippen molar-refractivity contribution < 1.29 is 9.90 Å². The predicted molar refractivity (Wildman–Crippen MR) is 59.6 cm³/mol. The molecule has 0 bridgehead atoms. The number of likely N-dealkylation sites (N-methyl/N-ethyl adjacent to an activating group) is 1. The number of nitrogens with zero attached hydrogens (tertiary/aromatic N) is 4. The molecule has 6 nitrogen and oxygen atoms in total. The second kappa shape index (κ2) is 4.86. The van der Waals surface area contributed by atoms with Crippen molar-refractivity contribution in [3.05, 3.63) is 10.6 Å². The van der Waals surface area contributed by atoms with Crippen molar-refractivity contribution in [3.63, 3.8) is 0 Å². The molecule has 1 N–H and O–H groups in total. The van der Waals surface area contributed by atoms with Crippen LogP contribution in [0.2, 0.25) is 0 Å². The number of aromatic nitrogens is 2. The van der Waals surface area contributed by atoms with Crippen molar-refractivity contribution in [1.29, 1.82) is 0 Å². The fourth-order valence-electron chi connectivity index (χ4n) is 1.68. The van der Waals surface area contributed by atoms with Crippen molar-refractivity contribution in [2.75, 3.05) is 33.2 Å². The third kappa shape index (κ3) is 2.55. The van der Waals surface area contributed by atoms with Crippen molar-refractivity contribution >= 4 is 17.5 Å². The highest BCUT2D eigenvalue weighted by Crippen LogP contribution is 2.14. The first-order valence-electron chi connectivity index (χ1n) is 5.12. The topological polar surface area (TPSA) is 69.6 Å². The molecule has 0 atom stereocenters. The minimum Gasteiger partial charge on any atom is -0.476 e. The van der Waals surface area contributed by atoms with Crippen molar-refractivity contribution in [3.8, 4) is 0 Å². The van der Waals surface area contributed by atoms with Gasteiger partial charge in [0, 0.05) is 32.7 Å². The Kier molecular flexibility index (Phi) is 3.47. The van der Waals surface area contributed by atoms with E-state index in [-0.39, 0.29) is 5.69 Å². The predicted octanol–water partition coefficient (Wildman–Crippen LogP) is -0.0163. The molecule has 0 saturated carbocycles. The maximum Gasteiger partial charge on any atom is 0.357 e. The van der Waals surface area contributed by atoms with Crippen LogP contribution in [-0.4, -0.2) is 63.7 Å². The van der Waals surface area contributed by atoms with E-state index in [9.17, 15) is 4.79 Å². The maximum absolute atomic E-state index is 10.9. The molecule has 16 heavy (non-hydrogen) atoms. The van der Waals surface area contributed by atoms with E-state index in [0.717, 1.165) is 31.1 Å². The Hall–Kier alpha value is -1.05. The summed E-state index contributed by atoms with van der Waals surface area (Å²) in [6, 6.07) is 0.